The van der Waals surface area contributed by atoms with Crippen molar-refractivity contribution in [1.29, 1.82) is 0 Å². The third-order valence-electron chi connectivity index (χ3n) is 8.99. The van der Waals surface area contributed by atoms with E-state index in [0.29, 0.717) is 13.0 Å². The average molecular weight is 564 g/mol. The monoisotopic (exact) mass is 563 g/mol. The van der Waals surface area contributed by atoms with Gasteiger partial charge < -0.3 is 21.1 Å². The standard InChI is InChI=1S/C28H45N5O5S/c1-18(20-11-7-5-8-12-20)30-27(35)22-17-33(39(4,37)38)23-15-16-32(25(22)23)28(36)24(21-13-9-6-10-14-21)31-26(34)19(2)29-3/h5,7-8,11-12,18-19,21-25,28-29,36H,6,9-10,13-17H2,1-4H3,(H,30,35)(H,31,34)/t18-,19+,22+,23-,24+,25-,28?/m1/s1. The SMILES string of the molecule is CN[C@@H](C)C(=O)N[C@@H](C1CCCCC1)C(O)N1CC[C@@H]2[C@H]1[C@@H](C(=O)N[C@H](C)c1ccccc1)CN2S(C)(=O)=O. The Morgan fingerprint density at radius 1 is 1.03 bits per heavy atom. The van der Waals surface area contributed by atoms with Gasteiger partial charge in [0.2, 0.25) is 21.8 Å². The van der Waals surface area contributed by atoms with Crippen molar-refractivity contribution >= 4 is 21.8 Å². The van der Waals surface area contributed by atoms with E-state index in [9.17, 15) is 23.1 Å². The number of likely N-dealkylation sites (tertiary alicyclic amines) is 1. The summed E-state index contributed by atoms with van der Waals surface area (Å²) in [5, 5.41) is 21.0. The number of fused-ring (bicyclic) bond motifs is 1. The van der Waals surface area contributed by atoms with Crippen molar-refractivity contribution in [3.8, 4) is 0 Å². The van der Waals surface area contributed by atoms with Crippen LogP contribution in [0.3, 0.4) is 0 Å². The first-order valence-corrected chi connectivity index (χ1v) is 16.1. The molecule has 1 aliphatic carbocycles. The molecule has 3 aliphatic rings. The molecular formula is C28H45N5O5S. The van der Waals surface area contributed by atoms with Gasteiger partial charge in [0, 0.05) is 25.2 Å². The molecule has 0 radical (unpaired) electrons. The lowest BCUT2D eigenvalue weighted by Gasteiger charge is -2.41. The number of nitrogens with one attached hydrogen (secondary N) is 3. The van der Waals surface area contributed by atoms with E-state index >= 15 is 0 Å². The second kappa shape index (κ2) is 12.6. The van der Waals surface area contributed by atoms with E-state index in [1.165, 1.54) is 10.6 Å². The van der Waals surface area contributed by atoms with E-state index in [4.69, 9.17) is 0 Å². The maximum atomic E-state index is 13.7. The van der Waals surface area contributed by atoms with Crippen LogP contribution in [0.1, 0.15) is 64.0 Å². The number of carbonyl (C=O) groups is 2. The zero-order chi connectivity index (χ0) is 28.3. The van der Waals surface area contributed by atoms with Gasteiger partial charge in [-0.3, -0.25) is 14.5 Å². The number of hydrogen-bond donors (Lipinski definition) is 4. The lowest BCUT2D eigenvalue weighted by Crippen LogP contribution is -2.60. The highest BCUT2D eigenvalue weighted by molar-refractivity contribution is 7.88. The highest BCUT2D eigenvalue weighted by atomic mass is 32.2. The number of likely N-dealkylation sites (N-methyl/N-ethyl adjacent to an activating group) is 1. The number of benzene rings is 1. The van der Waals surface area contributed by atoms with Crippen molar-refractivity contribution in [2.75, 3.05) is 26.4 Å². The number of aliphatic hydroxyl groups is 1. The van der Waals surface area contributed by atoms with Crippen molar-refractivity contribution in [1.82, 2.24) is 25.2 Å². The summed E-state index contributed by atoms with van der Waals surface area (Å²) >= 11 is 0. The summed E-state index contributed by atoms with van der Waals surface area (Å²) in [6.07, 6.45) is 5.71. The van der Waals surface area contributed by atoms with Gasteiger partial charge in [0.05, 0.1) is 30.3 Å². The largest absolute Gasteiger partial charge is 0.376 e. The van der Waals surface area contributed by atoms with E-state index in [0.717, 1.165) is 37.7 Å². The Morgan fingerprint density at radius 2 is 1.69 bits per heavy atom. The van der Waals surface area contributed by atoms with Crippen LogP contribution < -0.4 is 16.0 Å². The summed E-state index contributed by atoms with van der Waals surface area (Å²) in [5.41, 5.74) is 0.961. The minimum Gasteiger partial charge on any atom is -0.376 e. The van der Waals surface area contributed by atoms with E-state index < -0.39 is 46.3 Å². The van der Waals surface area contributed by atoms with Gasteiger partial charge >= 0.3 is 0 Å². The van der Waals surface area contributed by atoms with E-state index in [2.05, 4.69) is 16.0 Å². The molecule has 0 aromatic heterocycles. The smallest absolute Gasteiger partial charge is 0.237 e. The first kappa shape index (κ1) is 29.9. The van der Waals surface area contributed by atoms with Gasteiger partial charge in [0.25, 0.3) is 0 Å². The molecule has 10 nitrogen and oxygen atoms in total. The van der Waals surface area contributed by atoms with Gasteiger partial charge in [-0.15, -0.1) is 0 Å². The molecule has 4 N–H and O–H groups in total. The molecule has 1 aromatic carbocycles. The summed E-state index contributed by atoms with van der Waals surface area (Å²) in [6, 6.07) is 7.57. The lowest BCUT2D eigenvalue weighted by atomic mass is 9.82. The summed E-state index contributed by atoms with van der Waals surface area (Å²) in [7, 11) is -1.84. The highest BCUT2D eigenvalue weighted by Crippen LogP contribution is 2.40. The van der Waals surface area contributed by atoms with Crippen LogP contribution in [0.15, 0.2) is 30.3 Å². The number of carbonyl (C=O) groups excluding carboxylic acids is 2. The summed E-state index contributed by atoms with van der Waals surface area (Å²) in [6.45, 7) is 4.21. The van der Waals surface area contributed by atoms with Gasteiger partial charge in [-0.2, -0.15) is 4.31 Å². The van der Waals surface area contributed by atoms with Crippen LogP contribution in [0, 0.1) is 11.8 Å². The number of rotatable bonds is 10. The average Bonchev–Trinajstić information content (AvgIpc) is 3.52. The molecule has 0 bridgehead atoms. The fourth-order valence-electron chi connectivity index (χ4n) is 6.70. The molecule has 1 unspecified atom stereocenters. The molecule has 11 heteroatoms. The van der Waals surface area contributed by atoms with Crippen LogP contribution in [-0.2, 0) is 19.6 Å². The van der Waals surface area contributed by atoms with Crippen LogP contribution in [-0.4, -0.2) is 91.3 Å². The molecule has 4 rings (SSSR count). The summed E-state index contributed by atoms with van der Waals surface area (Å²) in [4.78, 5) is 28.5. The number of amides is 2. The quantitative estimate of drug-likeness (QED) is 0.336. The second-order valence-electron chi connectivity index (χ2n) is 11.5. The van der Waals surface area contributed by atoms with Gasteiger partial charge in [-0.1, -0.05) is 49.6 Å². The molecular weight excluding hydrogens is 518 g/mol. The molecule has 2 aliphatic heterocycles. The molecule has 2 saturated heterocycles. The van der Waals surface area contributed by atoms with Gasteiger partial charge in [-0.05, 0) is 51.6 Å². The number of nitrogens with zero attached hydrogens (tertiary/aromatic N) is 2. The summed E-state index contributed by atoms with van der Waals surface area (Å²) < 4.78 is 26.9. The Labute approximate surface area is 232 Å². The topological polar surface area (TPSA) is 131 Å². The first-order valence-electron chi connectivity index (χ1n) is 14.3. The van der Waals surface area contributed by atoms with E-state index in [1.54, 1.807) is 14.0 Å². The number of hydrogen-bond acceptors (Lipinski definition) is 7. The van der Waals surface area contributed by atoms with Crippen molar-refractivity contribution in [3.05, 3.63) is 35.9 Å². The third-order valence-corrected chi connectivity index (χ3v) is 10.3. The third kappa shape index (κ3) is 6.65. The molecule has 0 spiro atoms. The summed E-state index contributed by atoms with van der Waals surface area (Å²) in [5.74, 6) is -0.947. The van der Waals surface area contributed by atoms with Crippen LogP contribution >= 0.6 is 0 Å². The molecule has 218 valence electrons. The Hall–Kier alpha value is -2.05. The Kier molecular flexibility index (Phi) is 9.69. The van der Waals surface area contributed by atoms with Crippen LogP contribution in [0.25, 0.3) is 0 Å². The molecule has 3 fully saturated rings. The van der Waals surface area contributed by atoms with E-state index in [1.807, 2.05) is 42.2 Å². The predicted molar refractivity (Wildman–Crippen MR) is 150 cm³/mol. The number of sulfonamides is 1. The number of aliphatic hydroxyl groups excluding tert-OH is 1. The zero-order valence-electron chi connectivity index (χ0n) is 23.5. The van der Waals surface area contributed by atoms with Gasteiger partial charge in [0.1, 0.15) is 6.23 Å². The van der Waals surface area contributed by atoms with Crippen LogP contribution in [0.4, 0.5) is 0 Å². The molecule has 7 atom stereocenters. The molecule has 2 amide bonds. The zero-order valence-corrected chi connectivity index (χ0v) is 24.4. The van der Waals surface area contributed by atoms with Crippen LogP contribution in [0.5, 0.6) is 0 Å². The second-order valence-corrected chi connectivity index (χ2v) is 13.5. The van der Waals surface area contributed by atoms with Crippen molar-refractivity contribution in [2.24, 2.45) is 11.8 Å². The minimum atomic E-state index is -3.56. The molecule has 1 aromatic rings. The van der Waals surface area contributed by atoms with Gasteiger partial charge in [-0.25, -0.2) is 8.42 Å². The van der Waals surface area contributed by atoms with Crippen molar-refractivity contribution in [3.63, 3.8) is 0 Å². The molecule has 39 heavy (non-hydrogen) atoms. The van der Waals surface area contributed by atoms with Crippen LogP contribution in [0.2, 0.25) is 0 Å². The van der Waals surface area contributed by atoms with Gasteiger partial charge in [0.15, 0.2) is 0 Å². The normalized spacial score (nSPS) is 27.9. The fourth-order valence-corrected chi connectivity index (χ4v) is 7.86. The van der Waals surface area contributed by atoms with E-state index in [-0.39, 0.29) is 30.3 Å². The van der Waals surface area contributed by atoms with Crippen molar-refractivity contribution in [2.45, 2.75) is 88.8 Å². The highest BCUT2D eigenvalue weighted by Gasteiger charge is 2.56. The Bertz CT molecular complexity index is 1100. The maximum absolute atomic E-state index is 13.7. The van der Waals surface area contributed by atoms with Crippen molar-refractivity contribution < 1.29 is 23.1 Å². The first-order chi connectivity index (χ1) is 18.5. The Balaban J connectivity index is 1.60. The minimum absolute atomic E-state index is 0.0714. The molecule has 1 saturated carbocycles. The predicted octanol–water partition coefficient (Wildman–Crippen LogP) is 1.19. The molecule has 2 heterocycles. The lowest BCUT2D eigenvalue weighted by molar-refractivity contribution is -0.132. The Morgan fingerprint density at radius 3 is 2.31 bits per heavy atom. The fraction of sp³-hybridized carbons (Fsp3) is 0.714. The maximum Gasteiger partial charge on any atom is 0.237 e.